The lowest BCUT2D eigenvalue weighted by Crippen LogP contribution is -2.17. The average Bonchev–Trinajstić information content (AvgIpc) is 2.21. The molecule has 0 radical (unpaired) electrons. The second-order valence-corrected chi connectivity index (χ2v) is 4.16. The molecule has 2 unspecified atom stereocenters. The zero-order valence-corrected chi connectivity index (χ0v) is 10.7. The smallest absolute Gasteiger partial charge is 0.0768 e. The Labute approximate surface area is 99.9 Å². The van der Waals surface area contributed by atoms with Gasteiger partial charge in [-0.25, -0.2) is 0 Å². The van der Waals surface area contributed by atoms with Gasteiger partial charge in [0.15, 0.2) is 0 Å². The van der Waals surface area contributed by atoms with Crippen LogP contribution in [0, 0.1) is 5.92 Å². The van der Waals surface area contributed by atoms with Crippen molar-refractivity contribution in [2.45, 2.75) is 25.9 Å². The third-order valence-corrected chi connectivity index (χ3v) is 2.47. The normalized spacial score (nSPS) is 16.6. The number of allylic oxidation sites excluding steroid dienone is 3. The van der Waals surface area contributed by atoms with Crippen molar-refractivity contribution in [2.24, 2.45) is 5.92 Å². The van der Waals surface area contributed by atoms with Crippen LogP contribution in [-0.2, 0) is 0 Å². The zero-order chi connectivity index (χ0) is 10.8. The summed E-state index contributed by atoms with van der Waals surface area (Å²) in [5.74, 6) is -0.0730. The lowest BCUT2D eigenvalue weighted by atomic mass is 10.1. The lowest BCUT2D eigenvalue weighted by Gasteiger charge is -2.11. The average molecular weight is 310 g/mol. The SMILES string of the molecule is CC(CO)C(O)/C=C/CC/C=C\CI. The number of alkyl halides is 1. The number of rotatable bonds is 7. The topological polar surface area (TPSA) is 40.5 Å². The second kappa shape index (κ2) is 9.68. The Morgan fingerprint density at radius 3 is 2.43 bits per heavy atom. The summed E-state index contributed by atoms with van der Waals surface area (Å²) in [4.78, 5) is 0. The van der Waals surface area contributed by atoms with Gasteiger partial charge in [-0.15, -0.1) is 0 Å². The van der Waals surface area contributed by atoms with Gasteiger partial charge in [0.05, 0.1) is 6.10 Å². The molecule has 0 spiro atoms. The Hall–Kier alpha value is 0.130. The van der Waals surface area contributed by atoms with Gasteiger partial charge < -0.3 is 10.2 Å². The predicted molar refractivity (Wildman–Crippen MR) is 68.7 cm³/mol. The van der Waals surface area contributed by atoms with Gasteiger partial charge in [0.25, 0.3) is 0 Å². The molecule has 3 heteroatoms. The summed E-state index contributed by atoms with van der Waals surface area (Å²) in [6.07, 6.45) is 9.43. The Balaban J connectivity index is 3.56. The van der Waals surface area contributed by atoms with Gasteiger partial charge in [-0.2, -0.15) is 0 Å². The van der Waals surface area contributed by atoms with Gasteiger partial charge in [0.2, 0.25) is 0 Å². The first kappa shape index (κ1) is 14.1. The molecular formula is C11H19IO2. The maximum atomic E-state index is 9.45. The molecule has 2 nitrogen and oxygen atoms in total. The van der Waals surface area contributed by atoms with Crippen LogP contribution < -0.4 is 0 Å². The van der Waals surface area contributed by atoms with Crippen molar-refractivity contribution >= 4 is 22.6 Å². The first-order valence-corrected chi connectivity index (χ1v) is 6.41. The van der Waals surface area contributed by atoms with Gasteiger partial charge in [-0.05, 0) is 12.8 Å². The molecular weight excluding hydrogens is 291 g/mol. The third kappa shape index (κ3) is 7.53. The van der Waals surface area contributed by atoms with E-state index in [1.165, 1.54) is 0 Å². The van der Waals surface area contributed by atoms with Gasteiger partial charge in [-0.1, -0.05) is 53.8 Å². The molecule has 0 aliphatic rings. The second-order valence-electron chi connectivity index (χ2n) is 3.28. The first-order chi connectivity index (χ1) is 6.72. The predicted octanol–water partition coefficient (Wildman–Crippen LogP) is 2.30. The van der Waals surface area contributed by atoms with Gasteiger partial charge >= 0.3 is 0 Å². The van der Waals surface area contributed by atoms with Crippen LogP contribution in [0.25, 0.3) is 0 Å². The fraction of sp³-hybridized carbons (Fsp3) is 0.636. The Bertz CT molecular complexity index is 178. The molecule has 0 aliphatic carbocycles. The van der Waals surface area contributed by atoms with Crippen LogP contribution in [0.2, 0.25) is 0 Å². The molecule has 0 bridgehead atoms. The third-order valence-electron chi connectivity index (χ3n) is 1.96. The van der Waals surface area contributed by atoms with Gasteiger partial charge in [-0.3, -0.25) is 0 Å². The maximum absolute atomic E-state index is 9.45. The Morgan fingerprint density at radius 2 is 1.86 bits per heavy atom. The summed E-state index contributed by atoms with van der Waals surface area (Å²) in [5.41, 5.74) is 0. The Kier molecular flexibility index (Phi) is 9.77. The van der Waals surface area contributed by atoms with E-state index in [1.54, 1.807) is 6.08 Å². The molecule has 0 aromatic heterocycles. The van der Waals surface area contributed by atoms with Crippen LogP contribution in [0.5, 0.6) is 0 Å². The molecule has 0 saturated carbocycles. The van der Waals surface area contributed by atoms with Crippen LogP contribution in [0.4, 0.5) is 0 Å². The van der Waals surface area contributed by atoms with Crippen LogP contribution >= 0.6 is 22.6 Å². The lowest BCUT2D eigenvalue weighted by molar-refractivity contribution is 0.111. The van der Waals surface area contributed by atoms with Crippen molar-refractivity contribution in [3.05, 3.63) is 24.3 Å². The van der Waals surface area contributed by atoms with E-state index in [1.807, 2.05) is 13.0 Å². The van der Waals surface area contributed by atoms with Gasteiger partial charge in [0, 0.05) is 17.0 Å². The molecule has 2 N–H and O–H groups in total. The molecule has 0 aromatic carbocycles. The highest BCUT2D eigenvalue weighted by molar-refractivity contribution is 14.1. The van der Waals surface area contributed by atoms with Crippen molar-refractivity contribution in [1.29, 1.82) is 0 Å². The summed E-state index contributed by atoms with van der Waals surface area (Å²) >= 11 is 2.30. The van der Waals surface area contributed by atoms with E-state index in [9.17, 15) is 5.11 Å². The molecule has 0 saturated heterocycles. The number of hydrogen-bond donors (Lipinski definition) is 2. The molecule has 82 valence electrons. The molecule has 0 aromatic rings. The van der Waals surface area contributed by atoms with Crippen molar-refractivity contribution in [2.75, 3.05) is 11.0 Å². The minimum Gasteiger partial charge on any atom is -0.396 e. The standard InChI is InChI=1S/C11H19IO2/c1-10(9-13)11(14)7-5-3-2-4-6-8-12/h4-7,10-11,13-14H,2-3,8-9H2,1H3/b6-4-,7-5+. The van der Waals surface area contributed by atoms with Crippen molar-refractivity contribution < 1.29 is 10.2 Å². The fourth-order valence-corrected chi connectivity index (χ4v) is 1.27. The molecule has 0 rings (SSSR count). The van der Waals surface area contributed by atoms with Crippen molar-refractivity contribution in [1.82, 2.24) is 0 Å². The number of hydrogen-bond acceptors (Lipinski definition) is 2. The largest absolute Gasteiger partial charge is 0.396 e. The monoisotopic (exact) mass is 310 g/mol. The summed E-state index contributed by atoms with van der Waals surface area (Å²) < 4.78 is 1.05. The quantitative estimate of drug-likeness (QED) is 0.328. The van der Waals surface area contributed by atoms with E-state index in [0.717, 1.165) is 17.3 Å². The molecule has 0 heterocycles. The molecule has 0 fully saturated rings. The van der Waals surface area contributed by atoms with E-state index in [2.05, 4.69) is 34.7 Å². The fourth-order valence-electron chi connectivity index (χ4n) is 0.907. The van der Waals surface area contributed by atoms with Crippen molar-refractivity contribution in [3.8, 4) is 0 Å². The minimum absolute atomic E-state index is 0.0280. The highest BCUT2D eigenvalue weighted by Crippen LogP contribution is 2.04. The van der Waals surface area contributed by atoms with Crippen LogP contribution in [0.3, 0.4) is 0 Å². The van der Waals surface area contributed by atoms with E-state index < -0.39 is 6.10 Å². The van der Waals surface area contributed by atoms with E-state index in [0.29, 0.717) is 0 Å². The van der Waals surface area contributed by atoms with E-state index >= 15 is 0 Å². The number of unbranched alkanes of at least 4 members (excludes halogenated alkanes) is 1. The summed E-state index contributed by atoms with van der Waals surface area (Å²) in [7, 11) is 0. The van der Waals surface area contributed by atoms with Crippen molar-refractivity contribution in [3.63, 3.8) is 0 Å². The van der Waals surface area contributed by atoms with Crippen LogP contribution in [-0.4, -0.2) is 27.4 Å². The highest BCUT2D eigenvalue weighted by atomic mass is 127. The first-order valence-electron chi connectivity index (χ1n) is 4.89. The van der Waals surface area contributed by atoms with E-state index in [4.69, 9.17) is 5.11 Å². The van der Waals surface area contributed by atoms with E-state index in [-0.39, 0.29) is 12.5 Å². The molecule has 14 heavy (non-hydrogen) atoms. The Morgan fingerprint density at radius 1 is 1.21 bits per heavy atom. The van der Waals surface area contributed by atoms with Crippen LogP contribution in [0.15, 0.2) is 24.3 Å². The summed E-state index contributed by atoms with van der Waals surface area (Å²) in [6, 6.07) is 0. The number of aliphatic hydroxyl groups excluding tert-OH is 2. The van der Waals surface area contributed by atoms with Crippen LogP contribution in [0.1, 0.15) is 19.8 Å². The minimum atomic E-state index is -0.520. The summed E-state index contributed by atoms with van der Waals surface area (Å²) in [6.45, 7) is 1.85. The highest BCUT2D eigenvalue weighted by Gasteiger charge is 2.07. The maximum Gasteiger partial charge on any atom is 0.0768 e. The molecule has 2 atom stereocenters. The number of halogens is 1. The van der Waals surface area contributed by atoms with Gasteiger partial charge in [0.1, 0.15) is 0 Å². The zero-order valence-electron chi connectivity index (χ0n) is 8.56. The molecule has 0 amide bonds. The number of aliphatic hydroxyl groups is 2. The molecule has 0 aliphatic heterocycles. The summed E-state index contributed by atoms with van der Waals surface area (Å²) in [5, 5.41) is 18.2.